The first-order chi connectivity index (χ1) is 11.1. The summed E-state index contributed by atoms with van der Waals surface area (Å²) in [7, 11) is 1.70. The third-order valence-corrected chi connectivity index (χ3v) is 5.19. The molecule has 0 bridgehead atoms. The maximum Gasteiger partial charge on any atom is 0.209 e. The number of aromatic nitrogens is 5. The zero-order valence-electron chi connectivity index (χ0n) is 11.8. The van der Waals surface area contributed by atoms with E-state index >= 15 is 0 Å². The summed E-state index contributed by atoms with van der Waals surface area (Å²) < 4.78 is 2.39. The van der Waals surface area contributed by atoms with Crippen LogP contribution in [-0.2, 0) is 7.05 Å². The van der Waals surface area contributed by atoms with Crippen molar-refractivity contribution in [3.8, 4) is 6.07 Å². The van der Waals surface area contributed by atoms with Crippen molar-refractivity contribution in [2.45, 2.75) is 5.16 Å². The number of tetrazole rings is 1. The van der Waals surface area contributed by atoms with E-state index < -0.39 is 0 Å². The van der Waals surface area contributed by atoms with Gasteiger partial charge in [0.2, 0.25) is 5.16 Å². The van der Waals surface area contributed by atoms with E-state index in [4.69, 9.17) is 11.6 Å². The van der Waals surface area contributed by atoms with Gasteiger partial charge in [0.15, 0.2) is 0 Å². The SMILES string of the molecule is Cn1nnnc1SCC(O)=C(C#N)c1nc2cc(Cl)ccc2s1. The first-order valence-electron chi connectivity index (χ1n) is 6.32. The van der Waals surface area contributed by atoms with Crippen LogP contribution < -0.4 is 0 Å². The van der Waals surface area contributed by atoms with Crippen LogP contribution >= 0.6 is 34.7 Å². The smallest absolute Gasteiger partial charge is 0.209 e. The Labute approximate surface area is 144 Å². The van der Waals surface area contributed by atoms with Crippen molar-refractivity contribution in [3.63, 3.8) is 0 Å². The Morgan fingerprint density at radius 1 is 1.52 bits per heavy atom. The fraction of sp³-hybridized carbons (Fsp3) is 0.154. The van der Waals surface area contributed by atoms with Crippen LogP contribution in [0.25, 0.3) is 15.8 Å². The Morgan fingerprint density at radius 3 is 3.04 bits per heavy atom. The number of rotatable bonds is 4. The van der Waals surface area contributed by atoms with E-state index in [1.165, 1.54) is 27.8 Å². The first kappa shape index (κ1) is 15.7. The van der Waals surface area contributed by atoms with Crippen LogP contribution in [0.15, 0.2) is 29.1 Å². The lowest BCUT2D eigenvalue weighted by atomic mass is 10.2. The molecule has 0 radical (unpaired) electrons. The molecule has 0 aliphatic rings. The van der Waals surface area contributed by atoms with Gasteiger partial charge in [-0.2, -0.15) is 5.26 Å². The molecule has 3 aromatic rings. The van der Waals surface area contributed by atoms with Crippen molar-refractivity contribution >= 4 is 50.5 Å². The average Bonchev–Trinajstić information content (AvgIpc) is 3.11. The lowest BCUT2D eigenvalue weighted by Crippen LogP contribution is -1.97. The van der Waals surface area contributed by atoms with Crippen LogP contribution in [0.3, 0.4) is 0 Å². The van der Waals surface area contributed by atoms with Crippen LogP contribution in [0.4, 0.5) is 0 Å². The highest BCUT2D eigenvalue weighted by Crippen LogP contribution is 2.30. The molecular weight excluding hydrogens is 356 g/mol. The molecule has 2 aromatic heterocycles. The molecule has 1 N–H and O–H groups in total. The maximum absolute atomic E-state index is 10.2. The summed E-state index contributed by atoms with van der Waals surface area (Å²) in [5.74, 6) is 0.110. The standard InChI is InChI=1S/C13H9ClN6OS2/c1-20-13(17-18-19-20)22-6-10(21)8(5-15)12-16-9-4-7(14)2-3-11(9)23-12/h2-4,21H,6H2,1H3. The number of nitriles is 1. The number of aliphatic hydroxyl groups excluding tert-OH is 1. The minimum Gasteiger partial charge on any atom is -0.510 e. The second kappa shape index (κ2) is 6.54. The number of aliphatic hydroxyl groups is 1. The van der Waals surface area contributed by atoms with Crippen molar-refractivity contribution in [1.82, 2.24) is 25.2 Å². The molecule has 0 aliphatic heterocycles. The Morgan fingerprint density at radius 2 is 2.35 bits per heavy atom. The zero-order valence-corrected chi connectivity index (χ0v) is 14.2. The summed E-state index contributed by atoms with van der Waals surface area (Å²) in [6.45, 7) is 0. The van der Waals surface area contributed by atoms with Crippen molar-refractivity contribution in [1.29, 1.82) is 5.26 Å². The topological polar surface area (TPSA) is 101 Å². The Hall–Kier alpha value is -2.15. The minimum atomic E-state index is -0.0642. The molecule has 0 fully saturated rings. The molecule has 23 heavy (non-hydrogen) atoms. The van der Waals surface area contributed by atoms with E-state index in [0.717, 1.165) is 4.70 Å². The average molecular weight is 365 g/mol. The first-order valence-corrected chi connectivity index (χ1v) is 8.50. The Bertz CT molecular complexity index is 941. The van der Waals surface area contributed by atoms with E-state index in [-0.39, 0.29) is 17.1 Å². The predicted molar refractivity (Wildman–Crippen MR) is 89.3 cm³/mol. The normalized spacial score (nSPS) is 12.2. The van der Waals surface area contributed by atoms with Gasteiger partial charge in [0.05, 0.1) is 16.0 Å². The number of thioether (sulfide) groups is 1. The van der Waals surface area contributed by atoms with Crippen LogP contribution in [0.2, 0.25) is 5.02 Å². The summed E-state index contributed by atoms with van der Waals surface area (Å²) in [5, 5.41) is 32.2. The number of hydrogen-bond donors (Lipinski definition) is 1. The molecule has 0 saturated carbocycles. The molecule has 116 valence electrons. The van der Waals surface area contributed by atoms with E-state index in [0.29, 0.717) is 20.7 Å². The van der Waals surface area contributed by atoms with Gasteiger partial charge < -0.3 is 5.11 Å². The van der Waals surface area contributed by atoms with Crippen molar-refractivity contribution in [2.75, 3.05) is 5.75 Å². The summed E-state index contributed by atoms with van der Waals surface area (Å²) in [5.41, 5.74) is 0.841. The van der Waals surface area contributed by atoms with Crippen LogP contribution in [0.5, 0.6) is 0 Å². The summed E-state index contributed by atoms with van der Waals surface area (Å²) in [6.07, 6.45) is 0. The molecule has 3 rings (SSSR count). The number of nitrogens with zero attached hydrogens (tertiary/aromatic N) is 6. The van der Waals surface area contributed by atoms with Gasteiger partial charge in [0.1, 0.15) is 22.4 Å². The van der Waals surface area contributed by atoms with Crippen LogP contribution in [0, 0.1) is 11.3 Å². The number of aryl methyl sites for hydroxylation is 1. The number of benzene rings is 1. The Balaban J connectivity index is 1.90. The highest BCUT2D eigenvalue weighted by atomic mass is 35.5. The Kier molecular flexibility index (Phi) is 4.47. The molecule has 0 atom stereocenters. The molecule has 0 spiro atoms. The third kappa shape index (κ3) is 3.29. The molecule has 0 amide bonds. The summed E-state index contributed by atoms with van der Waals surface area (Å²) in [4.78, 5) is 4.37. The van der Waals surface area contributed by atoms with Gasteiger partial charge in [-0.15, -0.1) is 16.4 Å². The fourth-order valence-corrected chi connectivity index (χ4v) is 3.65. The highest BCUT2D eigenvalue weighted by Gasteiger charge is 2.15. The minimum absolute atomic E-state index is 0.0642. The molecule has 7 nitrogen and oxygen atoms in total. The molecule has 10 heteroatoms. The van der Waals surface area contributed by atoms with Gasteiger partial charge in [-0.25, -0.2) is 9.67 Å². The largest absolute Gasteiger partial charge is 0.510 e. The monoisotopic (exact) mass is 364 g/mol. The van der Waals surface area contributed by atoms with Crippen molar-refractivity contribution < 1.29 is 5.11 Å². The van der Waals surface area contributed by atoms with E-state index in [1.54, 1.807) is 19.2 Å². The molecular formula is C13H9ClN6OS2. The number of allylic oxidation sites excluding steroid dienone is 1. The quantitative estimate of drug-likeness (QED) is 0.431. The molecule has 0 aliphatic carbocycles. The second-order valence-electron chi connectivity index (χ2n) is 4.44. The number of fused-ring (bicyclic) bond motifs is 1. The maximum atomic E-state index is 10.2. The van der Waals surface area contributed by atoms with Crippen molar-refractivity contribution in [2.24, 2.45) is 7.05 Å². The van der Waals surface area contributed by atoms with Gasteiger partial charge in [-0.1, -0.05) is 23.4 Å². The van der Waals surface area contributed by atoms with E-state index in [1.807, 2.05) is 12.1 Å². The fourth-order valence-electron chi connectivity index (χ4n) is 1.79. The molecule has 2 heterocycles. The van der Waals surface area contributed by atoms with Crippen LogP contribution in [0.1, 0.15) is 5.01 Å². The van der Waals surface area contributed by atoms with Gasteiger partial charge in [-0.05, 0) is 28.6 Å². The lowest BCUT2D eigenvalue weighted by Gasteiger charge is -2.01. The highest BCUT2D eigenvalue weighted by molar-refractivity contribution is 7.99. The van der Waals surface area contributed by atoms with Gasteiger partial charge in [0.25, 0.3) is 0 Å². The molecule has 0 unspecified atom stereocenters. The predicted octanol–water partition coefficient (Wildman–Crippen LogP) is 3.06. The lowest BCUT2D eigenvalue weighted by molar-refractivity contribution is 0.420. The summed E-state index contributed by atoms with van der Waals surface area (Å²) in [6, 6.07) is 7.34. The van der Waals surface area contributed by atoms with Crippen LogP contribution in [-0.4, -0.2) is 36.1 Å². The second-order valence-corrected chi connectivity index (χ2v) is 6.85. The number of halogens is 1. The van der Waals surface area contributed by atoms with E-state index in [2.05, 4.69) is 20.5 Å². The number of thiazole rings is 1. The van der Waals surface area contributed by atoms with Gasteiger partial charge >= 0.3 is 0 Å². The van der Waals surface area contributed by atoms with Gasteiger partial charge in [-0.3, -0.25) is 0 Å². The van der Waals surface area contributed by atoms with Crippen molar-refractivity contribution in [3.05, 3.63) is 34.0 Å². The summed E-state index contributed by atoms with van der Waals surface area (Å²) >= 11 is 8.50. The molecule has 1 aromatic carbocycles. The third-order valence-electron chi connectivity index (χ3n) is 2.88. The molecule has 0 saturated heterocycles. The van der Waals surface area contributed by atoms with Gasteiger partial charge in [0, 0.05) is 12.1 Å². The number of hydrogen-bond acceptors (Lipinski definition) is 8. The zero-order chi connectivity index (χ0) is 16.4. The van der Waals surface area contributed by atoms with E-state index in [9.17, 15) is 10.4 Å².